The van der Waals surface area contributed by atoms with E-state index in [0.29, 0.717) is 25.9 Å². The Kier molecular flexibility index (Phi) is 7.64. The van der Waals surface area contributed by atoms with Crippen LogP contribution in [-0.4, -0.2) is 49.3 Å². The van der Waals surface area contributed by atoms with Crippen molar-refractivity contribution in [1.29, 1.82) is 0 Å². The minimum atomic E-state index is 0.335. The van der Waals surface area contributed by atoms with Gasteiger partial charge in [-0.15, -0.1) is 0 Å². The molecule has 0 saturated heterocycles. The monoisotopic (exact) mass is 255 g/mol. The van der Waals surface area contributed by atoms with E-state index < -0.39 is 0 Å². The highest BCUT2D eigenvalue weighted by Crippen LogP contribution is 2.03. The molecule has 0 aliphatic carbocycles. The molecule has 5 nitrogen and oxygen atoms in total. The Morgan fingerprint density at radius 2 is 2.22 bits per heavy atom. The van der Waals surface area contributed by atoms with Crippen LogP contribution in [0.15, 0.2) is 12.4 Å². The minimum absolute atomic E-state index is 0.335. The van der Waals surface area contributed by atoms with Gasteiger partial charge in [-0.2, -0.15) is 5.10 Å². The van der Waals surface area contributed by atoms with Crippen LogP contribution in [-0.2, 0) is 22.4 Å². The van der Waals surface area contributed by atoms with Gasteiger partial charge in [0.25, 0.3) is 0 Å². The van der Waals surface area contributed by atoms with Crippen molar-refractivity contribution in [3.8, 4) is 0 Å². The van der Waals surface area contributed by atoms with Crippen molar-refractivity contribution >= 4 is 0 Å². The normalized spacial score (nSPS) is 12.8. The number of nitrogens with one attached hydrogen (secondary N) is 1. The third-order valence-corrected chi connectivity index (χ3v) is 2.74. The third kappa shape index (κ3) is 5.62. The predicted octanol–water partition coefficient (Wildman–Crippen LogP) is 1.09. The number of nitrogens with zero attached hydrogens (tertiary/aromatic N) is 2. The molecule has 0 amide bonds. The second kappa shape index (κ2) is 9.08. The van der Waals surface area contributed by atoms with E-state index in [1.165, 1.54) is 5.56 Å². The summed E-state index contributed by atoms with van der Waals surface area (Å²) in [6.45, 7) is 8.05. The van der Waals surface area contributed by atoms with Crippen LogP contribution in [0, 0.1) is 0 Å². The smallest absolute Gasteiger partial charge is 0.0701 e. The Balaban J connectivity index is 2.36. The maximum atomic E-state index is 5.58. The van der Waals surface area contributed by atoms with E-state index in [-0.39, 0.29) is 0 Å². The van der Waals surface area contributed by atoms with Crippen LogP contribution in [0.25, 0.3) is 0 Å². The van der Waals surface area contributed by atoms with E-state index >= 15 is 0 Å². The average molecular weight is 255 g/mol. The quantitative estimate of drug-likeness (QED) is 0.636. The number of aryl methyl sites for hydroxylation is 1. The molecule has 0 aliphatic rings. The van der Waals surface area contributed by atoms with Crippen LogP contribution in [0.3, 0.4) is 0 Å². The van der Waals surface area contributed by atoms with Gasteiger partial charge in [0.15, 0.2) is 0 Å². The molecule has 1 rings (SSSR count). The number of hydrogen-bond donors (Lipinski definition) is 1. The van der Waals surface area contributed by atoms with E-state index in [9.17, 15) is 0 Å². The zero-order valence-electron chi connectivity index (χ0n) is 11.7. The summed E-state index contributed by atoms with van der Waals surface area (Å²) in [6.07, 6.45) is 4.98. The molecule has 0 aliphatic heterocycles. The average Bonchev–Trinajstić information content (AvgIpc) is 2.82. The van der Waals surface area contributed by atoms with E-state index in [0.717, 1.165) is 19.5 Å². The first-order valence-corrected chi connectivity index (χ1v) is 6.61. The summed E-state index contributed by atoms with van der Waals surface area (Å²) >= 11 is 0. The summed E-state index contributed by atoms with van der Waals surface area (Å²) in [5.74, 6) is 0. The lowest BCUT2D eigenvalue weighted by Crippen LogP contribution is -2.35. The lowest BCUT2D eigenvalue weighted by Gasteiger charge is -2.17. The maximum absolute atomic E-state index is 5.58. The molecule has 0 aromatic carbocycles. The van der Waals surface area contributed by atoms with Crippen molar-refractivity contribution < 1.29 is 9.47 Å². The van der Waals surface area contributed by atoms with Crippen molar-refractivity contribution in [2.45, 2.75) is 32.9 Å². The molecule has 1 N–H and O–H groups in total. The topological polar surface area (TPSA) is 48.3 Å². The molecular weight excluding hydrogens is 230 g/mol. The van der Waals surface area contributed by atoms with E-state index in [4.69, 9.17) is 9.47 Å². The number of aromatic nitrogens is 2. The van der Waals surface area contributed by atoms with E-state index in [1.54, 1.807) is 7.11 Å². The Morgan fingerprint density at radius 1 is 1.39 bits per heavy atom. The van der Waals surface area contributed by atoms with Gasteiger partial charge in [-0.1, -0.05) is 6.92 Å². The Labute approximate surface area is 109 Å². The summed E-state index contributed by atoms with van der Waals surface area (Å²) in [6, 6.07) is 0.335. The van der Waals surface area contributed by atoms with Gasteiger partial charge in [0, 0.05) is 25.9 Å². The molecule has 5 heteroatoms. The van der Waals surface area contributed by atoms with E-state index in [1.807, 2.05) is 10.9 Å². The maximum Gasteiger partial charge on any atom is 0.0701 e. The lowest BCUT2D eigenvalue weighted by atomic mass is 10.1. The molecule has 1 atom stereocenters. The molecule has 0 fully saturated rings. The number of likely N-dealkylation sites (N-methyl/N-ethyl adjacent to an activating group) is 1. The van der Waals surface area contributed by atoms with Crippen LogP contribution < -0.4 is 5.32 Å². The molecule has 0 saturated carbocycles. The molecule has 104 valence electrons. The lowest BCUT2D eigenvalue weighted by molar-refractivity contribution is 0.0589. The SMILES string of the molecule is CCNC(COCCOC)Cc1cnn(CC)c1. The van der Waals surface area contributed by atoms with Crippen LogP contribution in [0.2, 0.25) is 0 Å². The fraction of sp³-hybridized carbons (Fsp3) is 0.769. The number of rotatable bonds is 10. The highest BCUT2D eigenvalue weighted by Gasteiger charge is 2.10. The van der Waals surface area contributed by atoms with Crippen molar-refractivity contribution in [2.75, 3.05) is 33.5 Å². The zero-order valence-corrected chi connectivity index (χ0v) is 11.7. The molecular formula is C13H25N3O2. The summed E-state index contributed by atoms with van der Waals surface area (Å²) in [5.41, 5.74) is 1.25. The predicted molar refractivity (Wildman–Crippen MR) is 71.8 cm³/mol. The first-order valence-electron chi connectivity index (χ1n) is 6.61. The van der Waals surface area contributed by atoms with Crippen molar-refractivity contribution in [1.82, 2.24) is 15.1 Å². The van der Waals surface area contributed by atoms with Crippen LogP contribution in [0.4, 0.5) is 0 Å². The van der Waals surface area contributed by atoms with E-state index in [2.05, 4.69) is 30.5 Å². The zero-order chi connectivity index (χ0) is 13.2. The second-order valence-corrected chi connectivity index (χ2v) is 4.23. The van der Waals surface area contributed by atoms with Gasteiger partial charge >= 0.3 is 0 Å². The van der Waals surface area contributed by atoms with Gasteiger partial charge in [0.1, 0.15) is 0 Å². The number of ether oxygens (including phenoxy) is 2. The summed E-state index contributed by atoms with van der Waals surface area (Å²) in [5, 5.41) is 7.72. The largest absolute Gasteiger partial charge is 0.382 e. The molecule has 0 radical (unpaired) electrons. The highest BCUT2D eigenvalue weighted by molar-refractivity contribution is 5.06. The fourth-order valence-electron chi connectivity index (χ4n) is 1.82. The number of hydrogen-bond acceptors (Lipinski definition) is 4. The van der Waals surface area contributed by atoms with Gasteiger partial charge < -0.3 is 14.8 Å². The molecule has 1 heterocycles. The third-order valence-electron chi connectivity index (χ3n) is 2.74. The standard InChI is InChI=1S/C13H25N3O2/c1-4-14-13(11-18-7-6-17-3)8-12-9-15-16(5-2)10-12/h9-10,13-14H,4-8,11H2,1-3H3. The van der Waals surface area contributed by atoms with Gasteiger partial charge in [-0.3, -0.25) is 4.68 Å². The van der Waals surface area contributed by atoms with Gasteiger partial charge in [0.05, 0.1) is 26.0 Å². The Morgan fingerprint density at radius 3 is 2.83 bits per heavy atom. The summed E-state index contributed by atoms with van der Waals surface area (Å²) in [7, 11) is 1.68. The Bertz CT molecular complexity index is 315. The van der Waals surface area contributed by atoms with Crippen molar-refractivity contribution in [3.63, 3.8) is 0 Å². The molecule has 0 spiro atoms. The Hall–Kier alpha value is -0.910. The molecule has 1 unspecified atom stereocenters. The number of methoxy groups -OCH3 is 1. The van der Waals surface area contributed by atoms with Gasteiger partial charge in [-0.25, -0.2) is 0 Å². The van der Waals surface area contributed by atoms with Gasteiger partial charge in [-0.05, 0) is 25.5 Å². The molecule has 1 aromatic rings. The first-order chi connectivity index (χ1) is 8.80. The first kappa shape index (κ1) is 15.1. The van der Waals surface area contributed by atoms with Crippen LogP contribution in [0.1, 0.15) is 19.4 Å². The molecule has 1 aromatic heterocycles. The van der Waals surface area contributed by atoms with Crippen LogP contribution in [0.5, 0.6) is 0 Å². The summed E-state index contributed by atoms with van der Waals surface area (Å²) in [4.78, 5) is 0. The van der Waals surface area contributed by atoms with Gasteiger partial charge in [0.2, 0.25) is 0 Å². The minimum Gasteiger partial charge on any atom is -0.382 e. The molecule has 0 bridgehead atoms. The second-order valence-electron chi connectivity index (χ2n) is 4.23. The van der Waals surface area contributed by atoms with Crippen molar-refractivity contribution in [2.24, 2.45) is 0 Å². The fourth-order valence-corrected chi connectivity index (χ4v) is 1.82. The molecule has 18 heavy (non-hydrogen) atoms. The summed E-state index contributed by atoms with van der Waals surface area (Å²) < 4.78 is 12.5. The van der Waals surface area contributed by atoms with Crippen LogP contribution >= 0.6 is 0 Å². The highest BCUT2D eigenvalue weighted by atomic mass is 16.5. The van der Waals surface area contributed by atoms with Crippen molar-refractivity contribution in [3.05, 3.63) is 18.0 Å².